The molecule has 8 nitrogen and oxygen atoms in total. The third-order valence-electron chi connectivity index (χ3n) is 6.31. The minimum Gasteiger partial charge on any atom is -0.372 e. The van der Waals surface area contributed by atoms with E-state index < -0.39 is 31.9 Å². The molecule has 0 saturated carbocycles. The fourth-order valence-electron chi connectivity index (χ4n) is 4.37. The number of hydrogen-bond acceptors (Lipinski definition) is 6. The van der Waals surface area contributed by atoms with Gasteiger partial charge in [0.25, 0.3) is 10.0 Å². The van der Waals surface area contributed by atoms with E-state index in [4.69, 9.17) is 0 Å². The van der Waals surface area contributed by atoms with E-state index >= 15 is 0 Å². The van der Waals surface area contributed by atoms with Crippen LogP contribution in [0, 0.1) is 18.8 Å². The van der Waals surface area contributed by atoms with Crippen LogP contribution in [0.3, 0.4) is 0 Å². The number of hydrogen-bond donors (Lipinski definition) is 1. The van der Waals surface area contributed by atoms with Gasteiger partial charge in [0.05, 0.1) is 22.3 Å². The Bertz CT molecular complexity index is 1270. The molecule has 2 saturated heterocycles. The van der Waals surface area contributed by atoms with E-state index in [0.29, 0.717) is 11.3 Å². The topological polar surface area (TPSA) is 104 Å². The number of nitrogens with zero attached hydrogens (tertiary/aromatic N) is 2. The van der Waals surface area contributed by atoms with E-state index in [-0.39, 0.29) is 16.3 Å². The standard InChI is InChI=1S/C23H29N3O5S2/c1-16-10-12-25(13-11-16)20-6-4-19(5-7-20)24-33(30,31)22-9-8-21(14-17(22)2)26-23(27)18(3)15-32(26,28)29/h4-9,14,16,18,24H,10-13,15H2,1-3H3. The maximum Gasteiger partial charge on any atom is 0.262 e. The van der Waals surface area contributed by atoms with Gasteiger partial charge < -0.3 is 4.90 Å². The number of aryl methyl sites for hydroxylation is 1. The van der Waals surface area contributed by atoms with Crippen LogP contribution in [0.5, 0.6) is 0 Å². The molecule has 4 rings (SSSR count). The van der Waals surface area contributed by atoms with Crippen LogP contribution >= 0.6 is 0 Å². The maximum absolute atomic E-state index is 13.0. The van der Waals surface area contributed by atoms with Gasteiger partial charge in [-0.05, 0) is 73.7 Å². The van der Waals surface area contributed by atoms with E-state index in [2.05, 4.69) is 16.5 Å². The Morgan fingerprint density at radius 2 is 1.58 bits per heavy atom. The number of benzene rings is 2. The molecule has 0 bridgehead atoms. The average Bonchev–Trinajstić information content (AvgIpc) is 2.95. The highest BCUT2D eigenvalue weighted by Crippen LogP contribution is 2.31. The third-order valence-corrected chi connectivity index (χ3v) is 9.72. The Hall–Kier alpha value is -2.59. The summed E-state index contributed by atoms with van der Waals surface area (Å²) in [6, 6.07) is 11.4. The lowest BCUT2D eigenvalue weighted by Gasteiger charge is -2.32. The first-order valence-corrected chi connectivity index (χ1v) is 14.1. The number of carbonyl (C=O) groups excluding carboxylic acids is 1. The predicted octanol–water partition coefficient (Wildman–Crippen LogP) is 3.34. The second-order valence-electron chi connectivity index (χ2n) is 9.05. The summed E-state index contributed by atoms with van der Waals surface area (Å²) in [6.07, 6.45) is 2.29. The smallest absolute Gasteiger partial charge is 0.262 e. The summed E-state index contributed by atoms with van der Waals surface area (Å²) in [4.78, 5) is 14.7. The summed E-state index contributed by atoms with van der Waals surface area (Å²) in [5, 5.41) is 0. The maximum atomic E-state index is 13.0. The van der Waals surface area contributed by atoms with Gasteiger partial charge in [-0.2, -0.15) is 0 Å². The second-order valence-corrected chi connectivity index (χ2v) is 12.6. The lowest BCUT2D eigenvalue weighted by atomic mass is 9.99. The minimum absolute atomic E-state index is 0.0254. The second kappa shape index (κ2) is 8.64. The molecule has 0 aromatic heterocycles. The van der Waals surface area contributed by atoms with Gasteiger partial charge in [-0.15, -0.1) is 0 Å². The van der Waals surface area contributed by atoms with E-state index in [9.17, 15) is 21.6 Å². The van der Waals surface area contributed by atoms with Gasteiger partial charge in [0.15, 0.2) is 0 Å². The number of sulfonamides is 2. The Morgan fingerprint density at radius 3 is 2.12 bits per heavy atom. The van der Waals surface area contributed by atoms with Crippen molar-refractivity contribution in [2.45, 2.75) is 38.5 Å². The quantitative estimate of drug-likeness (QED) is 0.688. The van der Waals surface area contributed by atoms with E-state index in [1.807, 2.05) is 12.1 Å². The van der Waals surface area contributed by atoms with Crippen molar-refractivity contribution in [3.63, 3.8) is 0 Å². The summed E-state index contributed by atoms with van der Waals surface area (Å²) >= 11 is 0. The van der Waals surface area contributed by atoms with Crippen LogP contribution in [-0.2, 0) is 24.8 Å². The van der Waals surface area contributed by atoms with Crippen LogP contribution in [-0.4, -0.2) is 41.6 Å². The van der Waals surface area contributed by atoms with Crippen molar-refractivity contribution < 1.29 is 21.6 Å². The van der Waals surface area contributed by atoms with Gasteiger partial charge in [-0.3, -0.25) is 9.52 Å². The molecule has 1 unspecified atom stereocenters. The third kappa shape index (κ3) is 4.72. The summed E-state index contributed by atoms with van der Waals surface area (Å²) in [5.74, 6) is -0.656. The molecule has 0 radical (unpaired) electrons. The zero-order valence-electron chi connectivity index (χ0n) is 19.0. The largest absolute Gasteiger partial charge is 0.372 e. The van der Waals surface area contributed by atoms with Crippen LogP contribution in [0.15, 0.2) is 47.4 Å². The fourth-order valence-corrected chi connectivity index (χ4v) is 7.46. The van der Waals surface area contributed by atoms with E-state index in [0.717, 1.165) is 41.8 Å². The van der Waals surface area contributed by atoms with Crippen molar-refractivity contribution >= 4 is 43.0 Å². The molecule has 2 aromatic rings. The molecule has 1 amide bonds. The molecule has 33 heavy (non-hydrogen) atoms. The number of piperidine rings is 1. The molecule has 2 fully saturated rings. The first-order valence-electron chi connectivity index (χ1n) is 11.0. The number of nitrogens with one attached hydrogen (secondary N) is 1. The average molecular weight is 492 g/mol. The molecule has 0 aliphatic carbocycles. The Morgan fingerprint density at radius 1 is 0.970 bits per heavy atom. The highest BCUT2D eigenvalue weighted by atomic mass is 32.2. The molecule has 2 heterocycles. The van der Waals surface area contributed by atoms with Crippen LogP contribution in [0.2, 0.25) is 0 Å². The summed E-state index contributed by atoms with van der Waals surface area (Å²) in [7, 11) is -7.65. The molecule has 0 spiro atoms. The van der Waals surface area contributed by atoms with Gasteiger partial charge in [0.2, 0.25) is 15.9 Å². The number of amides is 1. The van der Waals surface area contributed by atoms with Gasteiger partial charge in [-0.1, -0.05) is 13.8 Å². The monoisotopic (exact) mass is 491 g/mol. The Balaban J connectivity index is 1.52. The SMILES string of the molecule is Cc1cc(N2C(=O)C(C)CS2(=O)=O)ccc1S(=O)(=O)Nc1ccc(N2CCC(C)CC2)cc1. The number of anilines is 3. The van der Waals surface area contributed by atoms with Crippen molar-refractivity contribution in [2.75, 3.05) is 32.8 Å². The van der Waals surface area contributed by atoms with Crippen LogP contribution in [0.25, 0.3) is 0 Å². The van der Waals surface area contributed by atoms with Crippen molar-refractivity contribution in [1.29, 1.82) is 0 Å². The van der Waals surface area contributed by atoms with Crippen LogP contribution in [0.1, 0.15) is 32.3 Å². The molecule has 2 aliphatic heterocycles. The molecule has 10 heteroatoms. The molecule has 2 aromatic carbocycles. The molecular formula is C23H29N3O5S2. The van der Waals surface area contributed by atoms with Crippen molar-refractivity contribution in [3.05, 3.63) is 48.0 Å². The zero-order chi connectivity index (χ0) is 24.0. The summed E-state index contributed by atoms with van der Waals surface area (Å²) in [6.45, 7) is 7.38. The molecule has 1 atom stereocenters. The van der Waals surface area contributed by atoms with E-state index in [1.54, 1.807) is 26.0 Å². The van der Waals surface area contributed by atoms with Crippen molar-refractivity contribution in [3.8, 4) is 0 Å². The number of carbonyl (C=O) groups is 1. The first-order chi connectivity index (χ1) is 15.5. The van der Waals surface area contributed by atoms with Crippen LogP contribution < -0.4 is 13.9 Å². The summed E-state index contributed by atoms with van der Waals surface area (Å²) in [5.41, 5.74) is 2.01. The molecular weight excluding hydrogens is 462 g/mol. The predicted molar refractivity (Wildman–Crippen MR) is 129 cm³/mol. The fraction of sp³-hybridized carbons (Fsp3) is 0.435. The highest BCUT2D eigenvalue weighted by Gasteiger charge is 2.42. The van der Waals surface area contributed by atoms with Gasteiger partial charge in [0, 0.05) is 24.5 Å². The Kier molecular flexibility index (Phi) is 6.17. The van der Waals surface area contributed by atoms with Gasteiger partial charge in [0.1, 0.15) is 0 Å². The van der Waals surface area contributed by atoms with Crippen LogP contribution in [0.4, 0.5) is 17.1 Å². The normalized spacial score (nSPS) is 21.4. The molecule has 178 valence electrons. The van der Waals surface area contributed by atoms with Crippen molar-refractivity contribution in [2.24, 2.45) is 11.8 Å². The molecule has 1 N–H and O–H groups in total. The number of rotatable bonds is 5. The lowest BCUT2D eigenvalue weighted by Crippen LogP contribution is -2.32. The van der Waals surface area contributed by atoms with Gasteiger partial charge in [-0.25, -0.2) is 21.1 Å². The zero-order valence-corrected chi connectivity index (χ0v) is 20.6. The minimum atomic E-state index is -3.90. The van der Waals surface area contributed by atoms with Gasteiger partial charge >= 0.3 is 0 Å². The highest BCUT2D eigenvalue weighted by molar-refractivity contribution is 7.94. The first kappa shape index (κ1) is 23.6. The summed E-state index contributed by atoms with van der Waals surface area (Å²) < 4.78 is 54.1. The van der Waals surface area contributed by atoms with Crippen molar-refractivity contribution in [1.82, 2.24) is 0 Å². The molecule has 2 aliphatic rings. The van der Waals surface area contributed by atoms with E-state index in [1.165, 1.54) is 18.2 Å². The lowest BCUT2D eigenvalue weighted by molar-refractivity contribution is -0.119. The Labute approximate surface area is 195 Å².